The van der Waals surface area contributed by atoms with E-state index in [0.29, 0.717) is 41.1 Å². The van der Waals surface area contributed by atoms with Gasteiger partial charge in [-0.25, -0.2) is 4.98 Å². The number of pyridine rings is 1. The van der Waals surface area contributed by atoms with Crippen LogP contribution in [0.1, 0.15) is 0 Å². The Labute approximate surface area is 202 Å². The first-order valence-corrected chi connectivity index (χ1v) is 11.4. The summed E-state index contributed by atoms with van der Waals surface area (Å²) in [6, 6.07) is 18.0. The van der Waals surface area contributed by atoms with Crippen molar-refractivity contribution in [1.29, 1.82) is 0 Å². The van der Waals surface area contributed by atoms with Crippen molar-refractivity contribution in [2.75, 3.05) is 44.8 Å². The zero-order valence-electron chi connectivity index (χ0n) is 19.3. The fourth-order valence-electron chi connectivity index (χ4n) is 4.13. The van der Waals surface area contributed by atoms with Crippen molar-refractivity contribution in [2.24, 2.45) is 0 Å². The zero-order valence-corrected chi connectivity index (χ0v) is 19.3. The lowest BCUT2D eigenvalue weighted by Crippen LogP contribution is -2.50. The minimum absolute atomic E-state index is 0.0801. The number of methoxy groups -OCH3 is 1. The Balaban J connectivity index is 1.22. The lowest BCUT2D eigenvalue weighted by molar-refractivity contribution is -0.133. The molecule has 8 heteroatoms. The van der Waals surface area contributed by atoms with Crippen LogP contribution in [0.4, 0.5) is 5.82 Å². The van der Waals surface area contributed by atoms with E-state index >= 15 is 0 Å². The molecule has 0 radical (unpaired) electrons. The van der Waals surface area contributed by atoms with Gasteiger partial charge in [-0.3, -0.25) is 9.59 Å². The average molecular weight is 472 g/mol. The predicted octanol–water partition coefficient (Wildman–Crippen LogP) is 3.59. The third-order valence-electron chi connectivity index (χ3n) is 6.12. The number of hydrogen-bond donors (Lipinski definition) is 0. The van der Waals surface area contributed by atoms with E-state index in [-0.39, 0.29) is 17.9 Å². The summed E-state index contributed by atoms with van der Waals surface area (Å²) < 4.78 is 16.6. The van der Waals surface area contributed by atoms with Gasteiger partial charge in [0.25, 0.3) is 5.91 Å². The number of carbonyl (C=O) groups excluding carboxylic acids is 1. The van der Waals surface area contributed by atoms with Crippen LogP contribution in [0.3, 0.4) is 0 Å². The number of nitrogens with zero attached hydrogens (tertiary/aromatic N) is 3. The van der Waals surface area contributed by atoms with Gasteiger partial charge in [-0.05, 0) is 42.0 Å². The fraction of sp³-hybridized carbons (Fsp3) is 0.222. The van der Waals surface area contributed by atoms with Crippen molar-refractivity contribution >= 4 is 22.7 Å². The SMILES string of the molecule is COc1ccc(-c2coc3cc(OCC(=O)N4CCN(c5ccccn5)CC4)ccc3c2=O)cc1. The number of piperazine rings is 1. The van der Waals surface area contributed by atoms with Gasteiger partial charge in [0.2, 0.25) is 0 Å². The molecule has 2 aromatic carbocycles. The Morgan fingerprint density at radius 3 is 2.49 bits per heavy atom. The normalized spacial score (nSPS) is 13.6. The predicted molar refractivity (Wildman–Crippen MR) is 133 cm³/mol. The summed E-state index contributed by atoms with van der Waals surface area (Å²) in [7, 11) is 1.59. The van der Waals surface area contributed by atoms with Crippen molar-refractivity contribution in [3.8, 4) is 22.6 Å². The molecule has 0 bridgehead atoms. The first-order valence-electron chi connectivity index (χ1n) is 11.4. The quantitative estimate of drug-likeness (QED) is 0.425. The molecule has 1 saturated heterocycles. The highest BCUT2D eigenvalue weighted by Crippen LogP contribution is 2.24. The van der Waals surface area contributed by atoms with E-state index in [4.69, 9.17) is 13.9 Å². The molecular weight excluding hydrogens is 446 g/mol. The van der Waals surface area contributed by atoms with Crippen molar-refractivity contribution < 1.29 is 18.7 Å². The summed E-state index contributed by atoms with van der Waals surface area (Å²) in [6.07, 6.45) is 3.22. The topological polar surface area (TPSA) is 85.1 Å². The van der Waals surface area contributed by atoms with Crippen LogP contribution in [0.15, 0.2) is 82.3 Å². The Hall–Kier alpha value is -4.33. The highest BCUT2D eigenvalue weighted by molar-refractivity contribution is 5.83. The van der Waals surface area contributed by atoms with E-state index in [0.717, 1.165) is 24.5 Å². The maximum Gasteiger partial charge on any atom is 0.260 e. The molecule has 1 aliphatic heterocycles. The third kappa shape index (κ3) is 4.82. The Bertz CT molecular complexity index is 1380. The van der Waals surface area contributed by atoms with E-state index in [2.05, 4.69) is 9.88 Å². The second kappa shape index (κ2) is 9.89. The molecule has 8 nitrogen and oxygen atoms in total. The lowest BCUT2D eigenvalue weighted by Gasteiger charge is -2.35. The molecule has 4 aromatic rings. The van der Waals surface area contributed by atoms with Crippen LogP contribution in [-0.4, -0.2) is 55.7 Å². The van der Waals surface area contributed by atoms with Crippen LogP contribution in [-0.2, 0) is 4.79 Å². The summed E-state index contributed by atoms with van der Waals surface area (Å²) in [5.41, 5.74) is 1.48. The van der Waals surface area contributed by atoms with Crippen LogP contribution >= 0.6 is 0 Å². The Morgan fingerprint density at radius 1 is 1.00 bits per heavy atom. The fourth-order valence-corrected chi connectivity index (χ4v) is 4.13. The van der Waals surface area contributed by atoms with Gasteiger partial charge in [-0.2, -0.15) is 0 Å². The molecule has 2 aromatic heterocycles. The Kier molecular flexibility index (Phi) is 6.34. The third-order valence-corrected chi connectivity index (χ3v) is 6.12. The summed E-state index contributed by atoms with van der Waals surface area (Å²) in [6.45, 7) is 2.59. The smallest absolute Gasteiger partial charge is 0.260 e. The maximum atomic E-state index is 13.0. The molecule has 0 saturated carbocycles. The van der Waals surface area contributed by atoms with Gasteiger partial charge in [0.05, 0.1) is 18.1 Å². The van der Waals surface area contributed by atoms with Crippen molar-refractivity contribution in [2.45, 2.75) is 0 Å². The van der Waals surface area contributed by atoms with Gasteiger partial charge in [0, 0.05) is 38.4 Å². The molecular formula is C27H25N3O5. The first kappa shape index (κ1) is 22.5. The van der Waals surface area contributed by atoms with Gasteiger partial charge >= 0.3 is 0 Å². The molecule has 1 aliphatic rings. The van der Waals surface area contributed by atoms with Crippen LogP contribution < -0.4 is 19.8 Å². The molecule has 35 heavy (non-hydrogen) atoms. The maximum absolute atomic E-state index is 13.0. The molecule has 3 heterocycles. The van der Waals surface area contributed by atoms with E-state index in [1.807, 2.05) is 30.3 Å². The Morgan fingerprint density at radius 2 is 1.77 bits per heavy atom. The summed E-state index contributed by atoms with van der Waals surface area (Å²) in [4.78, 5) is 34.0. The molecule has 1 amide bonds. The van der Waals surface area contributed by atoms with Gasteiger partial charge in [-0.15, -0.1) is 0 Å². The lowest BCUT2D eigenvalue weighted by atomic mass is 10.1. The largest absolute Gasteiger partial charge is 0.497 e. The molecule has 5 rings (SSSR count). The van der Waals surface area contributed by atoms with E-state index in [1.165, 1.54) is 6.26 Å². The monoisotopic (exact) mass is 471 g/mol. The van der Waals surface area contributed by atoms with Crippen LogP contribution in [0.2, 0.25) is 0 Å². The number of anilines is 1. The minimum Gasteiger partial charge on any atom is -0.497 e. The van der Waals surface area contributed by atoms with Crippen molar-refractivity contribution in [1.82, 2.24) is 9.88 Å². The van der Waals surface area contributed by atoms with E-state index in [1.54, 1.807) is 48.5 Å². The first-order chi connectivity index (χ1) is 17.1. The number of benzene rings is 2. The van der Waals surface area contributed by atoms with E-state index in [9.17, 15) is 9.59 Å². The van der Waals surface area contributed by atoms with Crippen LogP contribution in [0.25, 0.3) is 22.1 Å². The number of aromatic nitrogens is 1. The van der Waals surface area contributed by atoms with Crippen LogP contribution in [0, 0.1) is 0 Å². The number of amides is 1. The summed E-state index contributed by atoms with van der Waals surface area (Å²) in [5, 5.41) is 0.447. The number of ether oxygens (including phenoxy) is 2. The minimum atomic E-state index is -0.134. The molecule has 178 valence electrons. The van der Waals surface area contributed by atoms with Gasteiger partial charge in [0.1, 0.15) is 29.2 Å². The highest BCUT2D eigenvalue weighted by Gasteiger charge is 2.22. The average Bonchev–Trinajstić information content (AvgIpc) is 2.92. The second-order valence-electron chi connectivity index (χ2n) is 8.21. The van der Waals surface area contributed by atoms with Crippen molar-refractivity contribution in [3.05, 3.63) is 83.3 Å². The number of rotatable bonds is 6. The van der Waals surface area contributed by atoms with Crippen LogP contribution in [0.5, 0.6) is 11.5 Å². The number of fused-ring (bicyclic) bond motifs is 1. The molecule has 0 aliphatic carbocycles. The summed E-state index contributed by atoms with van der Waals surface area (Å²) >= 11 is 0. The zero-order chi connectivity index (χ0) is 24.2. The second-order valence-corrected chi connectivity index (χ2v) is 8.21. The summed E-state index contributed by atoms with van der Waals surface area (Å²) in [5.74, 6) is 2.02. The number of hydrogen-bond acceptors (Lipinski definition) is 7. The number of carbonyl (C=O) groups is 1. The van der Waals surface area contributed by atoms with Gasteiger partial charge in [-0.1, -0.05) is 18.2 Å². The standard InChI is InChI=1S/C27H25N3O5/c1-33-20-7-5-19(6-8-20)23-17-35-24-16-21(9-10-22(24)27(23)32)34-18-26(31)30-14-12-29(13-15-30)25-4-2-3-11-28-25/h2-11,16-17H,12-15,18H2,1H3. The molecule has 1 fully saturated rings. The molecule has 0 atom stereocenters. The van der Waals surface area contributed by atoms with Gasteiger partial charge in [0.15, 0.2) is 12.0 Å². The molecule has 0 spiro atoms. The van der Waals surface area contributed by atoms with Crippen molar-refractivity contribution in [3.63, 3.8) is 0 Å². The highest BCUT2D eigenvalue weighted by atomic mass is 16.5. The van der Waals surface area contributed by atoms with Gasteiger partial charge < -0.3 is 23.7 Å². The van der Waals surface area contributed by atoms with E-state index < -0.39 is 0 Å². The molecule has 0 N–H and O–H groups in total. The molecule has 0 unspecified atom stereocenters.